The Morgan fingerprint density at radius 3 is 2.47 bits per heavy atom. The lowest BCUT2D eigenvalue weighted by Gasteiger charge is -2.21. The maximum Gasteiger partial charge on any atom is 0.418 e. The molecule has 2 aromatic carbocycles. The van der Waals surface area contributed by atoms with Crippen LogP contribution in [0.2, 0.25) is 0 Å². The number of carbonyl (C=O) groups is 1. The minimum absolute atomic E-state index is 0.191. The lowest BCUT2D eigenvalue weighted by atomic mass is 10.1. The first kappa shape index (κ1) is 23.6. The van der Waals surface area contributed by atoms with Crippen LogP contribution in [0.15, 0.2) is 53.7 Å². The van der Waals surface area contributed by atoms with Crippen molar-refractivity contribution >= 4 is 23.4 Å². The number of nitrogens with zero attached hydrogens (tertiary/aromatic N) is 4. The molecule has 0 saturated carbocycles. The molecule has 1 aromatic heterocycles. The van der Waals surface area contributed by atoms with E-state index in [0.29, 0.717) is 11.7 Å². The van der Waals surface area contributed by atoms with Crippen LogP contribution in [0.1, 0.15) is 25.0 Å². The Labute approximate surface area is 187 Å². The first-order valence-corrected chi connectivity index (χ1v) is 10.6. The summed E-state index contributed by atoms with van der Waals surface area (Å²) in [6, 6.07) is 12.3. The number of benzene rings is 2. The number of aromatic nitrogens is 4. The van der Waals surface area contributed by atoms with Gasteiger partial charge in [-0.1, -0.05) is 49.9 Å². The molecule has 1 heterocycles. The third kappa shape index (κ3) is 5.78. The molecule has 0 saturated heterocycles. The molecule has 0 fully saturated rings. The lowest BCUT2D eigenvalue weighted by molar-refractivity contribution is -0.137. The van der Waals surface area contributed by atoms with Crippen LogP contribution in [-0.4, -0.2) is 38.5 Å². The maximum atomic E-state index is 13.3. The molecule has 1 amide bonds. The predicted octanol–water partition coefficient (Wildman–Crippen LogP) is 4.50. The van der Waals surface area contributed by atoms with Gasteiger partial charge in [-0.25, -0.2) is 4.68 Å². The predicted molar refractivity (Wildman–Crippen MR) is 114 cm³/mol. The van der Waals surface area contributed by atoms with Gasteiger partial charge in [0.1, 0.15) is 5.75 Å². The number of para-hydroxylation sites is 1. The van der Waals surface area contributed by atoms with Gasteiger partial charge in [0.25, 0.3) is 0 Å². The van der Waals surface area contributed by atoms with Gasteiger partial charge in [0, 0.05) is 0 Å². The molecule has 32 heavy (non-hydrogen) atoms. The van der Waals surface area contributed by atoms with Crippen molar-refractivity contribution in [1.82, 2.24) is 20.2 Å². The summed E-state index contributed by atoms with van der Waals surface area (Å²) in [6.07, 6.45) is -4.58. The summed E-state index contributed by atoms with van der Waals surface area (Å²) < 4.78 is 46.5. The first-order chi connectivity index (χ1) is 15.2. The number of nitrogens with one attached hydrogen (secondary N) is 1. The SMILES string of the molecule is COc1ccc(Cn2nnnc2SC(C(=O)Nc2ccccc2C(F)(F)F)C(C)C)cc1. The van der Waals surface area contributed by atoms with Crippen molar-refractivity contribution in [3.63, 3.8) is 0 Å². The second kappa shape index (κ2) is 10.0. The van der Waals surface area contributed by atoms with Gasteiger partial charge in [-0.15, -0.1) is 5.10 Å². The van der Waals surface area contributed by atoms with E-state index in [9.17, 15) is 18.0 Å². The molecule has 0 aliphatic heterocycles. The number of ether oxygens (including phenoxy) is 1. The summed E-state index contributed by atoms with van der Waals surface area (Å²) >= 11 is 1.11. The Bertz CT molecular complexity index is 1050. The van der Waals surface area contributed by atoms with Gasteiger partial charge in [0.05, 0.1) is 30.2 Å². The van der Waals surface area contributed by atoms with Crippen LogP contribution in [0.25, 0.3) is 0 Å². The third-order valence-electron chi connectivity index (χ3n) is 4.58. The average molecular weight is 466 g/mol. The van der Waals surface area contributed by atoms with E-state index in [1.165, 1.54) is 18.2 Å². The summed E-state index contributed by atoms with van der Waals surface area (Å²) in [5.41, 5.74) is -0.260. The number of tetrazole rings is 1. The number of alkyl halides is 3. The Morgan fingerprint density at radius 1 is 1.16 bits per heavy atom. The van der Waals surface area contributed by atoms with Gasteiger partial charge >= 0.3 is 6.18 Å². The molecule has 11 heteroatoms. The van der Waals surface area contributed by atoms with Gasteiger partial charge in [-0.3, -0.25) is 4.79 Å². The summed E-state index contributed by atoms with van der Waals surface area (Å²) in [7, 11) is 1.58. The highest BCUT2D eigenvalue weighted by atomic mass is 32.2. The molecule has 1 N–H and O–H groups in total. The van der Waals surface area contributed by atoms with E-state index < -0.39 is 22.9 Å². The number of halogens is 3. The molecular formula is C21H22F3N5O2S. The van der Waals surface area contributed by atoms with Crippen LogP contribution in [-0.2, 0) is 17.5 Å². The molecule has 0 aliphatic carbocycles. The number of anilines is 1. The van der Waals surface area contributed by atoms with Gasteiger partial charge < -0.3 is 10.1 Å². The Balaban J connectivity index is 1.77. The Hall–Kier alpha value is -3.08. The number of carbonyl (C=O) groups excluding carboxylic acids is 1. The molecule has 0 bridgehead atoms. The maximum absolute atomic E-state index is 13.3. The van der Waals surface area contributed by atoms with E-state index in [4.69, 9.17) is 4.74 Å². The fourth-order valence-corrected chi connectivity index (χ4v) is 3.90. The second-order valence-corrected chi connectivity index (χ2v) is 8.39. The number of thioether (sulfide) groups is 1. The molecule has 170 valence electrons. The van der Waals surface area contributed by atoms with Crippen LogP contribution in [0, 0.1) is 5.92 Å². The summed E-state index contributed by atoms with van der Waals surface area (Å²) in [6.45, 7) is 3.98. The van der Waals surface area contributed by atoms with Crippen molar-refractivity contribution in [2.24, 2.45) is 5.92 Å². The molecule has 0 radical (unpaired) electrons. The highest BCUT2D eigenvalue weighted by Crippen LogP contribution is 2.35. The van der Waals surface area contributed by atoms with Crippen LogP contribution in [0.5, 0.6) is 5.75 Å². The Kier molecular flexibility index (Phi) is 7.39. The van der Waals surface area contributed by atoms with Crippen molar-refractivity contribution in [2.45, 2.75) is 37.0 Å². The molecular weight excluding hydrogens is 443 g/mol. The van der Waals surface area contributed by atoms with Crippen molar-refractivity contribution in [1.29, 1.82) is 0 Å². The normalized spacial score (nSPS) is 12.6. The highest BCUT2D eigenvalue weighted by molar-refractivity contribution is 8.00. The van der Waals surface area contributed by atoms with Gasteiger partial charge in [-0.05, 0) is 46.2 Å². The standard InChI is InChI=1S/C21H22F3N5O2S/c1-13(2)18(19(30)25-17-7-5-4-6-16(17)21(22,23)24)32-20-26-27-28-29(20)12-14-8-10-15(31-3)11-9-14/h4-11,13,18H,12H2,1-3H3,(H,25,30). The molecule has 0 aliphatic rings. The lowest BCUT2D eigenvalue weighted by Crippen LogP contribution is -2.31. The van der Waals surface area contributed by atoms with Crippen LogP contribution in [0.4, 0.5) is 18.9 Å². The smallest absolute Gasteiger partial charge is 0.418 e. The number of amides is 1. The third-order valence-corrected chi connectivity index (χ3v) is 6.09. The van der Waals surface area contributed by atoms with E-state index >= 15 is 0 Å². The highest BCUT2D eigenvalue weighted by Gasteiger charge is 2.35. The van der Waals surface area contributed by atoms with Crippen LogP contribution < -0.4 is 10.1 Å². The van der Waals surface area contributed by atoms with Crippen LogP contribution >= 0.6 is 11.8 Å². The quantitative estimate of drug-likeness (QED) is 0.493. The first-order valence-electron chi connectivity index (χ1n) is 9.72. The van der Waals surface area contributed by atoms with Gasteiger partial charge in [-0.2, -0.15) is 13.2 Å². The zero-order chi connectivity index (χ0) is 23.3. The van der Waals surface area contributed by atoms with E-state index in [2.05, 4.69) is 20.8 Å². The second-order valence-electron chi connectivity index (χ2n) is 7.28. The summed E-state index contributed by atoms with van der Waals surface area (Å²) in [5.74, 6) is -0.0272. The monoisotopic (exact) mass is 465 g/mol. The van der Waals surface area contributed by atoms with Crippen molar-refractivity contribution < 1.29 is 22.7 Å². The van der Waals surface area contributed by atoms with Crippen molar-refractivity contribution in [3.05, 3.63) is 59.7 Å². The largest absolute Gasteiger partial charge is 0.497 e. The zero-order valence-electron chi connectivity index (χ0n) is 17.6. The fourth-order valence-electron chi connectivity index (χ4n) is 2.93. The molecule has 1 atom stereocenters. The number of hydrogen-bond donors (Lipinski definition) is 1. The average Bonchev–Trinajstić information content (AvgIpc) is 3.18. The van der Waals surface area contributed by atoms with Gasteiger partial charge in [0.15, 0.2) is 0 Å². The van der Waals surface area contributed by atoms with E-state index in [1.54, 1.807) is 11.8 Å². The van der Waals surface area contributed by atoms with E-state index in [1.807, 2.05) is 38.1 Å². The Morgan fingerprint density at radius 2 is 1.84 bits per heavy atom. The number of hydrogen-bond acceptors (Lipinski definition) is 6. The molecule has 1 unspecified atom stereocenters. The number of methoxy groups -OCH3 is 1. The molecule has 0 spiro atoms. The van der Waals surface area contributed by atoms with Crippen LogP contribution in [0.3, 0.4) is 0 Å². The van der Waals surface area contributed by atoms with Crippen molar-refractivity contribution in [3.8, 4) is 5.75 Å². The number of rotatable bonds is 8. The molecule has 7 nitrogen and oxygen atoms in total. The summed E-state index contributed by atoms with van der Waals surface area (Å²) in [5, 5.41) is 13.8. The van der Waals surface area contributed by atoms with Crippen molar-refractivity contribution in [2.75, 3.05) is 12.4 Å². The fraction of sp³-hybridized carbons (Fsp3) is 0.333. The minimum atomic E-state index is -4.58. The van der Waals surface area contributed by atoms with E-state index in [-0.39, 0.29) is 11.6 Å². The topological polar surface area (TPSA) is 81.9 Å². The zero-order valence-corrected chi connectivity index (χ0v) is 18.4. The summed E-state index contributed by atoms with van der Waals surface area (Å²) in [4.78, 5) is 12.9. The minimum Gasteiger partial charge on any atom is -0.497 e. The van der Waals surface area contributed by atoms with E-state index in [0.717, 1.165) is 29.1 Å². The molecule has 3 aromatic rings. The molecule has 3 rings (SSSR count). The van der Waals surface area contributed by atoms with Gasteiger partial charge in [0.2, 0.25) is 11.1 Å².